The third-order valence-corrected chi connectivity index (χ3v) is 29.6. The second kappa shape index (κ2) is 74.7. The Hall–Kier alpha value is -3.82. The SMILES string of the molecule is CN(C)c1cccc2c(S(=O)[O-])cccc12.[C-]#[N+]CCOP(OCCCCCCN(F)COC)N(C(C)C)C(C)C.[C-]#[N+]CCOP(OCCCCCCNC(=O)CCCCC1SCC2CC(=O)NC21)N(C(C)C)C(C)C.[C-]#[N+]CCOP(OCCCCCCNC(=O)OC(C)(C)C)N(C(C)C)C(C)C.[C-]#[N+]COP(OCCCCCCN)N(C(C)C)C(C)C. The zero-order valence-electron chi connectivity index (χ0n) is 80.3. The largest absolute Gasteiger partial charge is 0.768 e. The van der Waals surface area contributed by atoms with E-state index in [9.17, 15) is 27.6 Å². The van der Waals surface area contributed by atoms with Crippen molar-refractivity contribution in [1.82, 2.24) is 39.8 Å². The van der Waals surface area contributed by atoms with Gasteiger partial charge in [0.25, 0.3) is 34.1 Å². The molecule has 2 aromatic carbocycles. The fourth-order valence-electron chi connectivity index (χ4n) is 13.6. The first-order valence-electron chi connectivity index (χ1n) is 45.2. The van der Waals surface area contributed by atoms with Crippen molar-refractivity contribution in [3.63, 3.8) is 0 Å². The molecule has 0 aromatic heterocycles. The number of alkyl carbamates (subject to hydrolysis) is 1. The van der Waals surface area contributed by atoms with E-state index in [-0.39, 0.29) is 31.4 Å². The number of methoxy groups -OCH3 is 1. The Morgan fingerprint density at radius 2 is 0.960 bits per heavy atom. The fraction of sp³-hybridized carbons (Fsp3) is 0.809. The number of ether oxygens (including phenoxy) is 2. The molecule has 29 nitrogen and oxygen atoms in total. The highest BCUT2D eigenvalue weighted by molar-refractivity contribution is 8.00. The number of nitrogens with two attached hydrogens (primary N) is 1. The van der Waals surface area contributed by atoms with Crippen LogP contribution in [0.4, 0.5) is 15.0 Å². The first-order chi connectivity index (χ1) is 59.5. The van der Waals surface area contributed by atoms with Gasteiger partial charge in [-0.1, -0.05) is 82.1 Å². The van der Waals surface area contributed by atoms with E-state index in [1.54, 1.807) is 12.1 Å². The van der Waals surface area contributed by atoms with Crippen LogP contribution in [0.5, 0.6) is 0 Å². The maximum absolute atomic E-state index is 13.1. The summed E-state index contributed by atoms with van der Waals surface area (Å²) >= 11 is -0.207. The zero-order chi connectivity index (χ0) is 94.1. The van der Waals surface area contributed by atoms with Crippen molar-refractivity contribution in [1.29, 1.82) is 0 Å². The molecular formula is C89H164FN14O15P4S2-. The summed E-state index contributed by atoms with van der Waals surface area (Å²) in [6, 6.07) is 13.9. The number of unbranched alkanes of at least 4 members (excludes halogenated alkanes) is 13. The molecule has 0 radical (unpaired) electrons. The second-order valence-corrected chi connectivity index (χ2v) is 41.9. The van der Waals surface area contributed by atoms with Gasteiger partial charge in [-0.25, -0.2) is 54.3 Å². The number of amides is 3. The van der Waals surface area contributed by atoms with Crippen molar-refractivity contribution in [2.75, 3.05) is 137 Å². The lowest BCUT2D eigenvalue weighted by Gasteiger charge is -2.35. The Bertz CT molecular complexity index is 3280. The minimum absolute atomic E-state index is 0.0234. The van der Waals surface area contributed by atoms with Crippen LogP contribution in [0.25, 0.3) is 30.2 Å². The average molecular weight is 1880 g/mol. The lowest BCUT2D eigenvalue weighted by molar-refractivity contribution is -0.121. The van der Waals surface area contributed by atoms with E-state index in [1.807, 2.05) is 75.8 Å². The van der Waals surface area contributed by atoms with Gasteiger partial charge < -0.3 is 86.8 Å². The lowest BCUT2D eigenvalue weighted by atomic mass is 9.97. The molecule has 2 saturated heterocycles. The molecular weight excluding hydrogens is 1710 g/mol. The van der Waals surface area contributed by atoms with Crippen LogP contribution >= 0.6 is 45.9 Å². The summed E-state index contributed by atoms with van der Waals surface area (Å²) in [5.41, 5.74) is 6.03. The molecule has 4 rings (SSSR count). The molecule has 2 aromatic rings. The molecule has 2 aliphatic heterocycles. The van der Waals surface area contributed by atoms with E-state index in [2.05, 4.69) is 165 Å². The quantitative estimate of drug-likeness (QED) is 0.0120. The summed E-state index contributed by atoms with van der Waals surface area (Å²) in [4.78, 5) is 50.9. The normalized spacial score (nSPS) is 15.7. The Kier molecular flexibility index (Phi) is 72.4. The number of hydrogen-bond acceptors (Lipinski definition) is 23. The Balaban J connectivity index is 0.00000158. The topological polar surface area (TPSA) is 283 Å². The summed E-state index contributed by atoms with van der Waals surface area (Å²) in [7, 11) is 0.777. The molecule has 2 fully saturated rings. The van der Waals surface area contributed by atoms with E-state index in [0.717, 1.165) is 157 Å². The molecule has 0 spiro atoms. The summed E-state index contributed by atoms with van der Waals surface area (Å²) < 4.78 is 101. The number of halogens is 1. The minimum Gasteiger partial charge on any atom is -0.768 e. The molecule has 0 aliphatic carbocycles. The molecule has 125 heavy (non-hydrogen) atoms. The molecule has 720 valence electrons. The van der Waals surface area contributed by atoms with Crippen molar-refractivity contribution in [3.8, 4) is 0 Å². The maximum atomic E-state index is 13.1. The molecule has 0 bridgehead atoms. The van der Waals surface area contributed by atoms with Gasteiger partial charge >= 0.3 is 12.8 Å². The van der Waals surface area contributed by atoms with Gasteiger partial charge in [0.2, 0.25) is 31.4 Å². The predicted molar refractivity (Wildman–Crippen MR) is 515 cm³/mol. The third kappa shape index (κ3) is 57.3. The van der Waals surface area contributed by atoms with Crippen LogP contribution in [0.1, 0.15) is 266 Å². The molecule has 5 N–H and O–H groups in total. The van der Waals surface area contributed by atoms with Gasteiger partial charge in [0.1, 0.15) is 32.2 Å². The number of hydrogen-bond donors (Lipinski definition) is 4. The summed E-state index contributed by atoms with van der Waals surface area (Å²) in [5.74, 6) is 1.96. The van der Waals surface area contributed by atoms with Crippen LogP contribution < -0.4 is 26.6 Å². The number of carbonyl (C=O) groups excluding carboxylic acids is 3. The molecule has 2 aliphatic rings. The molecule has 36 heteroatoms. The van der Waals surface area contributed by atoms with Crippen molar-refractivity contribution in [3.05, 3.63) is 82.1 Å². The molecule has 8 atom stereocenters. The van der Waals surface area contributed by atoms with E-state index in [4.69, 9.17) is 77.7 Å². The number of nitrogens with one attached hydrogen (secondary N) is 3. The molecule has 0 saturated carbocycles. The third-order valence-electron chi connectivity index (χ3n) is 18.9. The standard InChI is InChI=1S/C26H47N4O4PS.C20H40N3O4P.C17H35FN3O3P.C14H30N3O2P.C12H13NO2S/c1-20(2)30(21(3)4)35(34-17-15-27-5)33-16-11-7-6-10-14-28-24(31)13-9-8-12-23-26-22(19-36-23)18-25(32)29-26;1-17(2)23(18(3)4)28(26-16-14-21-8)25-15-12-10-9-11-13-22-19(24)27-20(5,6)7;1-16(2)21(17(3)4)25(24-14-11-19-5)23-13-10-8-7-9-12-20(18)15-22-6;1-13(2)17(14(3)4)20(19-12-16-5)18-11-9-7-6-8-10-15;1-13(2)11-7-3-6-10-9(11)5-4-8-12(10)16(14)15/h20-23,26H,6-19H2,1-4H3,(H,28,31)(H,29,32);17-18H,9-16H2,1-7H3,(H,22,24);16-17H,7-15H2,1-4,6H3;13-14H,6-12,15H2,1-4H3;3-8H,1-2H3,(H,14,15)/p-1. The Morgan fingerprint density at radius 1 is 0.560 bits per heavy atom. The number of fused-ring (bicyclic) bond motifs is 2. The van der Waals surface area contributed by atoms with E-state index >= 15 is 0 Å². The van der Waals surface area contributed by atoms with Crippen LogP contribution in [0.2, 0.25) is 0 Å². The number of rotatable bonds is 63. The van der Waals surface area contributed by atoms with Gasteiger partial charge in [-0.3, -0.25) is 18.6 Å². The van der Waals surface area contributed by atoms with Crippen LogP contribution in [0, 0.1) is 32.2 Å². The zero-order valence-corrected chi connectivity index (χ0v) is 85.6. The van der Waals surface area contributed by atoms with Crippen molar-refractivity contribution in [2.45, 2.75) is 337 Å². The first kappa shape index (κ1) is 121. The van der Waals surface area contributed by atoms with Gasteiger partial charge in [0, 0.05) is 129 Å². The number of carbonyl (C=O) groups is 3. The van der Waals surface area contributed by atoms with Gasteiger partial charge in [0.05, 0.1) is 26.4 Å². The average Bonchev–Trinajstić information content (AvgIpc) is 1.45. The highest BCUT2D eigenvalue weighted by atomic mass is 32.2. The number of anilines is 1. The highest BCUT2D eigenvalue weighted by Gasteiger charge is 2.43. The van der Waals surface area contributed by atoms with Gasteiger partial charge in [-0.05, 0) is 243 Å². The van der Waals surface area contributed by atoms with Crippen LogP contribution in [0.15, 0.2) is 41.3 Å². The number of nitrogens with zero attached hydrogens (tertiary/aromatic N) is 10. The smallest absolute Gasteiger partial charge is 0.407 e. The lowest BCUT2D eigenvalue weighted by Crippen LogP contribution is -2.34. The van der Waals surface area contributed by atoms with Gasteiger partial charge in [-0.2, -0.15) is 11.8 Å². The number of thioether (sulfide) groups is 1. The van der Waals surface area contributed by atoms with Crippen molar-refractivity contribution in [2.24, 2.45) is 11.7 Å². The minimum atomic E-state index is -2.19. The first-order valence-corrected chi connectivity index (χ1v) is 51.9. The van der Waals surface area contributed by atoms with Crippen LogP contribution in [-0.2, 0) is 66.3 Å². The predicted octanol–water partition coefficient (Wildman–Crippen LogP) is 21.1. The Labute approximate surface area is 767 Å². The van der Waals surface area contributed by atoms with Crippen molar-refractivity contribution >= 4 is 91.3 Å². The van der Waals surface area contributed by atoms with Crippen LogP contribution in [0.3, 0.4) is 0 Å². The van der Waals surface area contributed by atoms with Gasteiger partial charge in [-0.15, -0.1) is 9.60 Å². The molecule has 3 amide bonds. The second-order valence-electron chi connectivity index (χ2n) is 33.9. The highest BCUT2D eigenvalue weighted by Crippen LogP contribution is 2.50. The fourth-order valence-corrected chi connectivity index (χ4v) is 22.2. The monoisotopic (exact) mass is 1880 g/mol. The van der Waals surface area contributed by atoms with E-state index in [0.29, 0.717) is 167 Å². The van der Waals surface area contributed by atoms with Crippen molar-refractivity contribution < 1.29 is 73.3 Å². The Morgan fingerprint density at radius 3 is 1.36 bits per heavy atom. The molecule has 8 unspecified atom stereocenters. The van der Waals surface area contributed by atoms with Gasteiger partial charge in [0.15, 0.2) is 0 Å². The summed E-state index contributed by atoms with van der Waals surface area (Å²) in [6.45, 7) is 74.7. The van der Waals surface area contributed by atoms with E-state index in [1.165, 1.54) is 7.11 Å². The van der Waals surface area contributed by atoms with Crippen LogP contribution in [-0.4, -0.2) is 248 Å². The maximum Gasteiger partial charge on any atom is 0.407 e. The number of benzene rings is 2. The van der Waals surface area contributed by atoms with E-state index < -0.39 is 50.8 Å². The summed E-state index contributed by atoms with van der Waals surface area (Å²) in [5, 5.41) is 11.9. The summed E-state index contributed by atoms with van der Waals surface area (Å²) in [6.07, 6.45) is 20.0. The molecule has 2 heterocycles.